The summed E-state index contributed by atoms with van der Waals surface area (Å²) in [7, 11) is 0. The zero-order valence-electron chi connectivity index (χ0n) is 19.2. The molecular weight excluding hydrogens is 483 g/mol. The molecule has 4 rings (SSSR count). The molecule has 186 valence electrons. The van der Waals surface area contributed by atoms with Gasteiger partial charge in [0.1, 0.15) is 17.9 Å². The fraction of sp³-hybridized carbons (Fsp3) is 0.400. The van der Waals surface area contributed by atoms with Crippen LogP contribution in [-0.4, -0.2) is 35.7 Å². The van der Waals surface area contributed by atoms with Gasteiger partial charge in [-0.3, -0.25) is 19.3 Å². The van der Waals surface area contributed by atoms with Crippen LogP contribution in [0.4, 0.5) is 18.9 Å². The number of anilines is 1. The van der Waals surface area contributed by atoms with Gasteiger partial charge in [-0.2, -0.15) is 0 Å². The molecule has 3 amide bonds. The predicted molar refractivity (Wildman–Crippen MR) is 125 cm³/mol. The first-order chi connectivity index (χ1) is 16.4. The molecule has 2 aliphatic rings. The van der Waals surface area contributed by atoms with E-state index in [9.17, 15) is 27.6 Å². The van der Waals surface area contributed by atoms with Crippen molar-refractivity contribution in [2.24, 2.45) is 5.41 Å². The van der Waals surface area contributed by atoms with Crippen LogP contribution in [0.5, 0.6) is 0 Å². The molecule has 2 aromatic rings. The topological polar surface area (TPSA) is 78.5 Å². The minimum atomic E-state index is -2.87. The molecule has 2 N–H and O–H groups in total. The van der Waals surface area contributed by atoms with E-state index in [1.807, 2.05) is 0 Å². The first-order valence-corrected chi connectivity index (χ1v) is 11.6. The molecule has 0 radical (unpaired) electrons. The van der Waals surface area contributed by atoms with E-state index in [0.29, 0.717) is 0 Å². The van der Waals surface area contributed by atoms with Gasteiger partial charge in [0, 0.05) is 40.6 Å². The van der Waals surface area contributed by atoms with Gasteiger partial charge < -0.3 is 10.6 Å². The van der Waals surface area contributed by atoms with Crippen LogP contribution in [-0.2, 0) is 14.4 Å². The summed E-state index contributed by atoms with van der Waals surface area (Å²) >= 11 is 6.41. The number of nitrogens with one attached hydrogen (secondary N) is 2. The minimum absolute atomic E-state index is 0.0629. The normalized spacial score (nSPS) is 21.5. The average Bonchev–Trinajstić information content (AvgIpc) is 3.03. The number of hydrogen-bond acceptors (Lipinski definition) is 3. The van der Waals surface area contributed by atoms with Crippen LogP contribution in [0.1, 0.15) is 44.7 Å². The van der Waals surface area contributed by atoms with E-state index in [1.54, 1.807) is 32.0 Å². The predicted octanol–water partition coefficient (Wildman–Crippen LogP) is 4.38. The third kappa shape index (κ3) is 5.15. The Morgan fingerprint density at radius 3 is 2.37 bits per heavy atom. The summed E-state index contributed by atoms with van der Waals surface area (Å²) in [4.78, 5) is 40.8. The van der Waals surface area contributed by atoms with E-state index in [4.69, 9.17) is 11.6 Å². The summed E-state index contributed by atoms with van der Waals surface area (Å²) < 4.78 is 41.1. The molecule has 1 unspecified atom stereocenters. The van der Waals surface area contributed by atoms with Gasteiger partial charge in [-0.05, 0) is 30.7 Å². The molecule has 2 fully saturated rings. The first kappa shape index (κ1) is 25.0. The second-order valence-electron chi connectivity index (χ2n) is 9.70. The summed E-state index contributed by atoms with van der Waals surface area (Å²) in [5.41, 5.74) is -0.528. The highest BCUT2D eigenvalue weighted by Crippen LogP contribution is 2.39. The highest BCUT2D eigenvalue weighted by atomic mass is 35.5. The highest BCUT2D eigenvalue weighted by molar-refractivity contribution is 6.31. The van der Waals surface area contributed by atoms with E-state index in [2.05, 4.69) is 10.6 Å². The molecule has 0 aromatic heterocycles. The lowest BCUT2D eigenvalue weighted by Gasteiger charge is -2.38. The van der Waals surface area contributed by atoms with Crippen LogP contribution >= 0.6 is 11.6 Å². The van der Waals surface area contributed by atoms with Crippen molar-refractivity contribution in [3.8, 4) is 0 Å². The van der Waals surface area contributed by atoms with Gasteiger partial charge in [0.05, 0.1) is 0 Å². The Balaban J connectivity index is 1.78. The van der Waals surface area contributed by atoms with Gasteiger partial charge in [0.25, 0.3) is 11.8 Å². The van der Waals surface area contributed by atoms with Crippen LogP contribution in [0.3, 0.4) is 0 Å². The molecule has 1 saturated carbocycles. The van der Waals surface area contributed by atoms with E-state index in [1.165, 1.54) is 24.3 Å². The molecule has 6 nitrogen and oxygen atoms in total. The third-order valence-electron chi connectivity index (χ3n) is 6.40. The van der Waals surface area contributed by atoms with Crippen molar-refractivity contribution in [1.29, 1.82) is 0 Å². The van der Waals surface area contributed by atoms with E-state index < -0.39 is 59.9 Å². The smallest absolute Gasteiger partial charge is 0.252 e. The Kier molecular flexibility index (Phi) is 6.57. The molecule has 2 aromatic carbocycles. The van der Waals surface area contributed by atoms with E-state index in [0.717, 1.165) is 11.0 Å². The second-order valence-corrected chi connectivity index (χ2v) is 10.1. The van der Waals surface area contributed by atoms with Crippen LogP contribution in [0.2, 0.25) is 5.02 Å². The molecule has 1 aliphatic heterocycles. The van der Waals surface area contributed by atoms with Gasteiger partial charge >= 0.3 is 0 Å². The maximum atomic E-state index is 14.2. The van der Waals surface area contributed by atoms with Crippen LogP contribution in [0.25, 0.3) is 0 Å². The number of benzene rings is 2. The largest absolute Gasteiger partial charge is 0.351 e. The van der Waals surface area contributed by atoms with Crippen LogP contribution in [0, 0.1) is 11.2 Å². The Morgan fingerprint density at radius 2 is 1.80 bits per heavy atom. The highest BCUT2D eigenvalue weighted by Gasteiger charge is 2.49. The van der Waals surface area contributed by atoms with Crippen molar-refractivity contribution in [3.63, 3.8) is 0 Å². The fourth-order valence-electron chi connectivity index (χ4n) is 4.49. The van der Waals surface area contributed by atoms with Crippen molar-refractivity contribution in [3.05, 3.63) is 64.9 Å². The monoisotopic (exact) mass is 507 g/mol. The Labute approximate surface area is 205 Å². The van der Waals surface area contributed by atoms with Crippen LogP contribution in [0.15, 0.2) is 48.5 Å². The number of halogens is 4. The van der Waals surface area contributed by atoms with E-state index in [-0.39, 0.29) is 28.6 Å². The lowest BCUT2D eigenvalue weighted by molar-refractivity contribution is -0.133. The Bertz CT molecular complexity index is 1170. The molecule has 0 bridgehead atoms. The number of hydrogen-bond donors (Lipinski definition) is 2. The quantitative estimate of drug-likeness (QED) is 0.609. The van der Waals surface area contributed by atoms with Gasteiger partial charge in [-0.1, -0.05) is 49.7 Å². The SMILES string of the molecule is CC1(C)C[C@@H](C(=O)N(c2cccc(F)c2)C(C(=O)NC2CC(F)(F)C2)c2ccccc2Cl)NC1=O. The number of nitrogens with zero attached hydrogens (tertiary/aromatic N) is 1. The van der Waals surface area contributed by atoms with Crippen molar-refractivity contribution in [2.75, 3.05) is 4.90 Å². The molecular formula is C25H25ClF3N3O3. The molecule has 35 heavy (non-hydrogen) atoms. The number of rotatable bonds is 6. The van der Waals surface area contributed by atoms with Gasteiger partial charge in [-0.15, -0.1) is 0 Å². The number of amides is 3. The van der Waals surface area contributed by atoms with Crippen LogP contribution < -0.4 is 15.5 Å². The minimum Gasteiger partial charge on any atom is -0.351 e. The van der Waals surface area contributed by atoms with Crippen molar-refractivity contribution in [1.82, 2.24) is 10.6 Å². The maximum absolute atomic E-state index is 14.2. The maximum Gasteiger partial charge on any atom is 0.252 e. The Morgan fingerprint density at radius 1 is 1.11 bits per heavy atom. The molecule has 0 spiro atoms. The zero-order valence-corrected chi connectivity index (χ0v) is 19.9. The molecule has 2 atom stereocenters. The summed E-state index contributed by atoms with van der Waals surface area (Å²) in [5, 5.41) is 5.40. The summed E-state index contributed by atoms with van der Waals surface area (Å²) in [6.45, 7) is 3.38. The van der Waals surface area contributed by atoms with E-state index >= 15 is 0 Å². The molecule has 1 heterocycles. The molecule has 1 aliphatic carbocycles. The molecule has 1 saturated heterocycles. The van der Waals surface area contributed by atoms with Gasteiger partial charge in [-0.25, -0.2) is 13.2 Å². The Hall–Kier alpha value is -3.07. The third-order valence-corrected chi connectivity index (χ3v) is 6.74. The number of carbonyl (C=O) groups is 3. The molecule has 10 heteroatoms. The number of alkyl halides is 2. The lowest BCUT2D eigenvalue weighted by atomic mass is 9.87. The van der Waals surface area contributed by atoms with Crippen molar-refractivity contribution < 1.29 is 27.6 Å². The average molecular weight is 508 g/mol. The number of carbonyl (C=O) groups excluding carboxylic acids is 3. The van der Waals surface area contributed by atoms with Crippen molar-refractivity contribution in [2.45, 2.75) is 57.2 Å². The lowest BCUT2D eigenvalue weighted by Crippen LogP contribution is -2.55. The zero-order chi connectivity index (χ0) is 25.5. The summed E-state index contributed by atoms with van der Waals surface area (Å²) in [6, 6.07) is 8.30. The fourth-order valence-corrected chi connectivity index (χ4v) is 4.73. The first-order valence-electron chi connectivity index (χ1n) is 11.2. The van der Waals surface area contributed by atoms with Gasteiger partial charge in [0.15, 0.2) is 0 Å². The van der Waals surface area contributed by atoms with Gasteiger partial charge in [0.2, 0.25) is 11.8 Å². The van der Waals surface area contributed by atoms with Crippen molar-refractivity contribution >= 4 is 35.0 Å². The summed E-state index contributed by atoms with van der Waals surface area (Å²) in [6.07, 6.45) is -0.883. The standard InChI is InChI=1S/C25H25ClF3N3O3/c1-24(2)13-19(31-23(24)35)22(34)32(16-7-5-6-14(27)10-16)20(17-8-3-4-9-18(17)26)21(33)30-15-11-25(28,29)12-15/h3-10,15,19-20H,11-13H2,1-2H3,(H,30,33)(H,31,35)/t19-,20?/m0/s1. The second kappa shape index (κ2) is 9.18. The summed E-state index contributed by atoms with van der Waals surface area (Å²) in [5.74, 6) is -5.22.